The predicted octanol–water partition coefficient (Wildman–Crippen LogP) is 1.27. The van der Waals surface area contributed by atoms with Gasteiger partial charge < -0.3 is 16.0 Å². The lowest BCUT2D eigenvalue weighted by Crippen LogP contribution is -2.55. The third-order valence-corrected chi connectivity index (χ3v) is 4.75. The number of carbonyl (C=O) groups is 2. The highest BCUT2D eigenvalue weighted by molar-refractivity contribution is 5.81. The zero-order chi connectivity index (χ0) is 15.4. The summed E-state index contributed by atoms with van der Waals surface area (Å²) < 4.78 is 0. The molecule has 5 heteroatoms. The zero-order valence-corrected chi connectivity index (χ0v) is 13.3. The third kappa shape index (κ3) is 4.43. The smallest absolute Gasteiger partial charge is 0.234 e. The van der Waals surface area contributed by atoms with Crippen molar-refractivity contribution in [3.63, 3.8) is 0 Å². The first-order valence-corrected chi connectivity index (χ1v) is 8.37. The molecule has 1 saturated carbocycles. The van der Waals surface area contributed by atoms with E-state index in [2.05, 4.69) is 19.2 Å². The molecule has 2 rings (SSSR count). The van der Waals surface area contributed by atoms with Gasteiger partial charge in [-0.2, -0.15) is 0 Å². The van der Waals surface area contributed by atoms with E-state index in [0.717, 1.165) is 51.6 Å². The van der Waals surface area contributed by atoms with Gasteiger partial charge in [0.05, 0.1) is 6.04 Å². The van der Waals surface area contributed by atoms with E-state index < -0.39 is 0 Å². The van der Waals surface area contributed by atoms with Crippen molar-refractivity contribution in [3.8, 4) is 0 Å². The Bertz CT molecular complexity index is 382. The monoisotopic (exact) mass is 295 g/mol. The maximum Gasteiger partial charge on any atom is 0.234 e. The van der Waals surface area contributed by atoms with Crippen LogP contribution in [0, 0.1) is 11.8 Å². The van der Waals surface area contributed by atoms with Crippen LogP contribution in [0.5, 0.6) is 0 Å². The fourth-order valence-electron chi connectivity index (χ4n) is 3.16. The molecule has 1 aliphatic carbocycles. The summed E-state index contributed by atoms with van der Waals surface area (Å²) in [5, 5.41) is 3.43. The Balaban J connectivity index is 1.83. The molecule has 1 heterocycles. The van der Waals surface area contributed by atoms with Gasteiger partial charge in [0.15, 0.2) is 0 Å². The zero-order valence-electron chi connectivity index (χ0n) is 13.3. The first-order chi connectivity index (χ1) is 10.0. The highest BCUT2D eigenvalue weighted by atomic mass is 16.2. The van der Waals surface area contributed by atoms with Gasteiger partial charge in [-0.15, -0.1) is 0 Å². The van der Waals surface area contributed by atoms with Crippen LogP contribution in [0.25, 0.3) is 0 Å². The highest BCUT2D eigenvalue weighted by Crippen LogP contribution is 2.32. The lowest BCUT2D eigenvalue weighted by Gasteiger charge is -2.39. The summed E-state index contributed by atoms with van der Waals surface area (Å²) in [5.74, 6) is 0.736. The van der Waals surface area contributed by atoms with Crippen LogP contribution in [0.4, 0.5) is 0 Å². The van der Waals surface area contributed by atoms with Gasteiger partial charge in [0.2, 0.25) is 11.8 Å². The maximum atomic E-state index is 12.1. The molecule has 0 aromatic heterocycles. The molecular weight excluding hydrogens is 266 g/mol. The standard InChI is InChI=1S/C16H29N3O2/c1-3-4-5-14(15(17)20)18-13-8-9-19(10-11(13)2)16(21)12-6-7-12/h11-14,18H,3-10H2,1-2H3,(H2,17,20)/t11-,13-,14+/m1/s1. The Labute approximate surface area is 127 Å². The lowest BCUT2D eigenvalue weighted by atomic mass is 9.92. The number of hydrogen-bond donors (Lipinski definition) is 2. The van der Waals surface area contributed by atoms with Crippen LogP contribution in [0.1, 0.15) is 52.4 Å². The molecule has 0 radical (unpaired) electrons. The van der Waals surface area contributed by atoms with Gasteiger partial charge >= 0.3 is 0 Å². The van der Waals surface area contributed by atoms with E-state index in [1.54, 1.807) is 0 Å². The summed E-state index contributed by atoms with van der Waals surface area (Å²) in [6, 6.07) is 0.0469. The molecule has 120 valence electrons. The van der Waals surface area contributed by atoms with E-state index in [1.807, 2.05) is 4.90 Å². The summed E-state index contributed by atoms with van der Waals surface area (Å²) in [4.78, 5) is 25.7. The molecule has 0 bridgehead atoms. The molecule has 1 saturated heterocycles. The molecule has 21 heavy (non-hydrogen) atoms. The van der Waals surface area contributed by atoms with Crippen molar-refractivity contribution in [2.45, 2.75) is 64.5 Å². The quantitative estimate of drug-likeness (QED) is 0.742. The SMILES string of the molecule is CCCC[C@H](N[C@@H]1CCN(C(=O)C2CC2)C[C@H]1C)C(N)=O. The van der Waals surface area contributed by atoms with Crippen molar-refractivity contribution in [1.29, 1.82) is 0 Å². The molecule has 5 nitrogen and oxygen atoms in total. The van der Waals surface area contributed by atoms with Gasteiger partial charge in [0, 0.05) is 25.0 Å². The summed E-state index contributed by atoms with van der Waals surface area (Å²) in [7, 11) is 0. The van der Waals surface area contributed by atoms with Crippen molar-refractivity contribution in [3.05, 3.63) is 0 Å². The van der Waals surface area contributed by atoms with Crippen LogP contribution in [0.3, 0.4) is 0 Å². The van der Waals surface area contributed by atoms with E-state index in [0.29, 0.717) is 17.7 Å². The summed E-state index contributed by atoms with van der Waals surface area (Å²) >= 11 is 0. The number of primary amides is 1. The number of likely N-dealkylation sites (tertiary alicyclic amines) is 1. The van der Waals surface area contributed by atoms with Gasteiger partial charge in [0.25, 0.3) is 0 Å². The van der Waals surface area contributed by atoms with Crippen LogP contribution in [-0.2, 0) is 9.59 Å². The average molecular weight is 295 g/mol. The number of carbonyl (C=O) groups excluding carboxylic acids is 2. The van der Waals surface area contributed by atoms with Crippen molar-refractivity contribution in [2.24, 2.45) is 17.6 Å². The number of amides is 2. The van der Waals surface area contributed by atoms with Gasteiger partial charge in [-0.05, 0) is 31.6 Å². The molecular formula is C16H29N3O2. The predicted molar refractivity (Wildman–Crippen MR) is 82.5 cm³/mol. The Morgan fingerprint density at radius 3 is 2.57 bits per heavy atom. The van der Waals surface area contributed by atoms with Crippen LogP contribution in [0.2, 0.25) is 0 Å². The molecule has 2 aliphatic rings. The van der Waals surface area contributed by atoms with Crippen molar-refractivity contribution < 1.29 is 9.59 Å². The Morgan fingerprint density at radius 2 is 2.05 bits per heavy atom. The van der Waals surface area contributed by atoms with Crippen LogP contribution < -0.4 is 11.1 Å². The number of rotatable bonds is 7. The number of hydrogen-bond acceptors (Lipinski definition) is 3. The molecule has 3 atom stereocenters. The fraction of sp³-hybridized carbons (Fsp3) is 0.875. The van der Waals surface area contributed by atoms with E-state index in [9.17, 15) is 9.59 Å². The average Bonchev–Trinajstić information content (AvgIpc) is 3.28. The summed E-state index contributed by atoms with van der Waals surface area (Å²) in [6.07, 6.45) is 5.91. The van der Waals surface area contributed by atoms with E-state index >= 15 is 0 Å². The van der Waals surface area contributed by atoms with Crippen molar-refractivity contribution >= 4 is 11.8 Å². The van der Waals surface area contributed by atoms with E-state index in [-0.39, 0.29) is 18.0 Å². The van der Waals surface area contributed by atoms with Crippen molar-refractivity contribution in [1.82, 2.24) is 10.2 Å². The van der Waals surface area contributed by atoms with Gasteiger partial charge in [-0.1, -0.05) is 26.7 Å². The second kappa shape index (κ2) is 7.25. The number of nitrogens with two attached hydrogens (primary N) is 1. The van der Waals surface area contributed by atoms with E-state index in [4.69, 9.17) is 5.73 Å². The molecule has 1 aliphatic heterocycles. The van der Waals surface area contributed by atoms with Crippen LogP contribution in [0.15, 0.2) is 0 Å². The number of unbranched alkanes of at least 4 members (excludes halogenated alkanes) is 1. The van der Waals surface area contributed by atoms with Gasteiger partial charge in [0.1, 0.15) is 0 Å². The first kappa shape index (κ1) is 16.3. The number of piperidine rings is 1. The Morgan fingerprint density at radius 1 is 1.33 bits per heavy atom. The number of nitrogens with one attached hydrogen (secondary N) is 1. The lowest BCUT2D eigenvalue weighted by molar-refractivity contribution is -0.135. The molecule has 2 fully saturated rings. The van der Waals surface area contributed by atoms with Gasteiger partial charge in [-0.3, -0.25) is 9.59 Å². The van der Waals surface area contributed by atoms with Crippen LogP contribution in [-0.4, -0.2) is 41.9 Å². The first-order valence-electron chi connectivity index (χ1n) is 8.37. The minimum Gasteiger partial charge on any atom is -0.368 e. The van der Waals surface area contributed by atoms with Crippen LogP contribution >= 0.6 is 0 Å². The van der Waals surface area contributed by atoms with Crippen molar-refractivity contribution in [2.75, 3.05) is 13.1 Å². The summed E-state index contributed by atoms with van der Waals surface area (Å²) in [5.41, 5.74) is 5.50. The summed E-state index contributed by atoms with van der Waals surface area (Å²) in [6.45, 7) is 5.87. The topological polar surface area (TPSA) is 75.4 Å². The molecule has 0 unspecified atom stereocenters. The number of nitrogens with zero attached hydrogens (tertiary/aromatic N) is 1. The maximum absolute atomic E-state index is 12.1. The Hall–Kier alpha value is -1.10. The molecule has 0 spiro atoms. The van der Waals surface area contributed by atoms with E-state index in [1.165, 1.54) is 0 Å². The second-order valence-corrected chi connectivity index (χ2v) is 6.69. The Kier molecular flexibility index (Phi) is 5.62. The molecule has 0 aromatic rings. The minimum absolute atomic E-state index is 0.233. The largest absolute Gasteiger partial charge is 0.368 e. The van der Waals surface area contributed by atoms with Gasteiger partial charge in [-0.25, -0.2) is 0 Å². The highest BCUT2D eigenvalue weighted by Gasteiger charge is 2.37. The fourth-order valence-corrected chi connectivity index (χ4v) is 3.16. The third-order valence-electron chi connectivity index (χ3n) is 4.75. The minimum atomic E-state index is -0.257. The molecule has 0 aromatic carbocycles. The normalized spacial score (nSPS) is 27.4. The second-order valence-electron chi connectivity index (χ2n) is 6.69. The molecule has 2 amide bonds. The molecule has 3 N–H and O–H groups in total.